The lowest BCUT2D eigenvalue weighted by Crippen LogP contribution is -2.37. The van der Waals surface area contributed by atoms with Gasteiger partial charge >= 0.3 is 0 Å². The van der Waals surface area contributed by atoms with E-state index in [0.29, 0.717) is 30.2 Å². The first-order valence-electron chi connectivity index (χ1n) is 9.84. The fraction of sp³-hybridized carbons (Fsp3) is 0.364. The summed E-state index contributed by atoms with van der Waals surface area (Å²) in [7, 11) is 0. The summed E-state index contributed by atoms with van der Waals surface area (Å²) in [4.78, 5) is 15.1. The van der Waals surface area contributed by atoms with Crippen LogP contribution in [0.2, 0.25) is 0 Å². The Labute approximate surface area is 168 Å². The summed E-state index contributed by atoms with van der Waals surface area (Å²) in [6.07, 6.45) is 3.58. The lowest BCUT2D eigenvalue weighted by molar-refractivity contribution is 0.0482. The number of benzene rings is 1. The second-order valence-corrected chi connectivity index (χ2v) is 7.53. The molecule has 7 heteroatoms. The molecule has 1 unspecified atom stereocenters. The molecule has 7 nitrogen and oxygen atoms in total. The molecule has 0 bridgehead atoms. The number of ether oxygens (including phenoxy) is 2. The van der Waals surface area contributed by atoms with Crippen LogP contribution in [0.4, 0.5) is 0 Å². The van der Waals surface area contributed by atoms with Gasteiger partial charge in [0.05, 0.1) is 30.0 Å². The molecule has 150 valence electrons. The zero-order valence-corrected chi connectivity index (χ0v) is 16.2. The van der Waals surface area contributed by atoms with E-state index in [0.717, 1.165) is 36.3 Å². The van der Waals surface area contributed by atoms with Crippen molar-refractivity contribution >= 4 is 5.91 Å². The summed E-state index contributed by atoms with van der Waals surface area (Å²) in [5, 5.41) is 4.13. The lowest BCUT2D eigenvalue weighted by atomic mass is 10.0. The van der Waals surface area contributed by atoms with Crippen LogP contribution in [0.5, 0.6) is 5.75 Å². The summed E-state index contributed by atoms with van der Waals surface area (Å²) in [5.41, 5.74) is 2.89. The number of hydrogen-bond donors (Lipinski definition) is 0. The van der Waals surface area contributed by atoms with E-state index in [1.807, 2.05) is 37.3 Å². The molecule has 0 spiro atoms. The quantitative estimate of drug-likeness (QED) is 0.652. The van der Waals surface area contributed by atoms with Crippen LogP contribution in [0.25, 0.3) is 11.3 Å². The third-order valence-corrected chi connectivity index (χ3v) is 5.40. The van der Waals surface area contributed by atoms with Crippen molar-refractivity contribution in [2.24, 2.45) is 0 Å². The van der Waals surface area contributed by atoms with Gasteiger partial charge in [-0.1, -0.05) is 16.8 Å². The minimum absolute atomic E-state index is 0.0243. The molecule has 2 aliphatic heterocycles. The Morgan fingerprint density at radius 3 is 3.03 bits per heavy atom. The molecule has 1 atom stereocenters. The Kier molecular flexibility index (Phi) is 4.60. The highest BCUT2D eigenvalue weighted by molar-refractivity contribution is 5.95. The molecule has 2 aromatic heterocycles. The second kappa shape index (κ2) is 7.40. The van der Waals surface area contributed by atoms with Crippen LogP contribution in [0.1, 0.15) is 40.2 Å². The molecule has 1 fully saturated rings. The Morgan fingerprint density at radius 2 is 2.24 bits per heavy atom. The van der Waals surface area contributed by atoms with Crippen LogP contribution >= 0.6 is 0 Å². The molecule has 2 aliphatic rings. The maximum absolute atomic E-state index is 13.4. The lowest BCUT2D eigenvalue weighted by Gasteiger charge is -2.24. The van der Waals surface area contributed by atoms with Crippen LogP contribution in [0, 0.1) is 6.92 Å². The number of rotatable bonds is 5. The normalized spacial score (nSPS) is 17.5. The van der Waals surface area contributed by atoms with E-state index in [1.165, 1.54) is 0 Å². The van der Waals surface area contributed by atoms with E-state index in [9.17, 15) is 4.79 Å². The van der Waals surface area contributed by atoms with Gasteiger partial charge in [-0.05, 0) is 44.0 Å². The molecule has 0 saturated carbocycles. The fourth-order valence-electron chi connectivity index (χ4n) is 3.91. The second-order valence-electron chi connectivity index (χ2n) is 7.53. The van der Waals surface area contributed by atoms with Crippen LogP contribution in [-0.2, 0) is 17.9 Å². The Morgan fingerprint density at radius 1 is 1.31 bits per heavy atom. The van der Waals surface area contributed by atoms with Crippen molar-refractivity contribution in [3.05, 3.63) is 59.2 Å². The molecular weight excluding hydrogens is 372 g/mol. The van der Waals surface area contributed by atoms with Crippen molar-refractivity contribution in [3.8, 4) is 17.1 Å². The fourth-order valence-corrected chi connectivity index (χ4v) is 3.91. The van der Waals surface area contributed by atoms with E-state index in [1.54, 1.807) is 11.2 Å². The van der Waals surface area contributed by atoms with Crippen LogP contribution in [-0.4, -0.2) is 35.2 Å². The highest BCUT2D eigenvalue weighted by Gasteiger charge is 2.33. The predicted molar refractivity (Wildman–Crippen MR) is 103 cm³/mol. The van der Waals surface area contributed by atoms with Gasteiger partial charge in [-0.15, -0.1) is 0 Å². The van der Waals surface area contributed by atoms with Crippen LogP contribution in [0.3, 0.4) is 0 Å². The van der Waals surface area contributed by atoms with E-state index in [4.69, 9.17) is 18.4 Å². The number of furan rings is 1. The maximum atomic E-state index is 13.4. The predicted octanol–water partition coefficient (Wildman–Crippen LogP) is 3.96. The zero-order valence-electron chi connectivity index (χ0n) is 16.2. The average Bonchev–Trinajstić information content (AvgIpc) is 3.48. The van der Waals surface area contributed by atoms with Gasteiger partial charge in [0.1, 0.15) is 18.1 Å². The standard InChI is InChI=1S/C22H22N2O5/c1-14-6-7-19-17(10-14)21-18(13-28-19)20(23-29-21)22(25)24(11-15-4-2-8-26-15)12-16-5-3-9-27-16/h2,4,6-8,10,16H,3,5,9,11-13H2,1H3. The number of fused-ring (bicyclic) bond motifs is 3. The van der Waals surface area contributed by atoms with Crippen LogP contribution in [0.15, 0.2) is 45.5 Å². The van der Waals surface area contributed by atoms with Crippen molar-refractivity contribution in [2.75, 3.05) is 13.2 Å². The number of aromatic nitrogens is 1. The smallest absolute Gasteiger partial charge is 0.276 e. The van der Waals surface area contributed by atoms with Crippen molar-refractivity contribution in [2.45, 2.75) is 39.0 Å². The van der Waals surface area contributed by atoms with E-state index in [-0.39, 0.29) is 24.3 Å². The summed E-state index contributed by atoms with van der Waals surface area (Å²) < 4.78 is 22.7. The van der Waals surface area contributed by atoms with Gasteiger partial charge in [-0.3, -0.25) is 4.79 Å². The Balaban J connectivity index is 1.46. The van der Waals surface area contributed by atoms with Crippen molar-refractivity contribution < 1.29 is 23.2 Å². The number of nitrogens with zero attached hydrogens (tertiary/aromatic N) is 2. The third-order valence-electron chi connectivity index (χ3n) is 5.40. The van der Waals surface area contributed by atoms with Gasteiger partial charge in [0, 0.05) is 13.2 Å². The number of carbonyl (C=O) groups excluding carboxylic acids is 1. The van der Waals surface area contributed by atoms with E-state index in [2.05, 4.69) is 5.16 Å². The average molecular weight is 394 g/mol. The number of aryl methyl sites for hydroxylation is 1. The maximum Gasteiger partial charge on any atom is 0.276 e. The minimum atomic E-state index is -0.207. The number of hydrogen-bond acceptors (Lipinski definition) is 6. The molecule has 5 rings (SSSR count). The first-order valence-corrected chi connectivity index (χ1v) is 9.84. The molecule has 0 radical (unpaired) electrons. The van der Waals surface area contributed by atoms with Gasteiger partial charge in [0.15, 0.2) is 11.5 Å². The molecule has 29 heavy (non-hydrogen) atoms. The number of carbonyl (C=O) groups is 1. The Hall–Kier alpha value is -3.06. The molecule has 0 N–H and O–H groups in total. The third kappa shape index (κ3) is 3.42. The number of amides is 1. The molecule has 1 aromatic carbocycles. The topological polar surface area (TPSA) is 77.9 Å². The van der Waals surface area contributed by atoms with Crippen LogP contribution < -0.4 is 4.74 Å². The Bertz CT molecular complexity index is 1020. The van der Waals surface area contributed by atoms with E-state index < -0.39 is 0 Å². The van der Waals surface area contributed by atoms with E-state index >= 15 is 0 Å². The highest BCUT2D eigenvalue weighted by Crippen LogP contribution is 2.39. The summed E-state index contributed by atoms with van der Waals surface area (Å²) >= 11 is 0. The summed E-state index contributed by atoms with van der Waals surface area (Å²) in [5.74, 6) is 1.85. The minimum Gasteiger partial charge on any atom is -0.488 e. The molecule has 0 aliphatic carbocycles. The first-order chi connectivity index (χ1) is 14.2. The molecule has 4 heterocycles. The first kappa shape index (κ1) is 18.0. The van der Waals surface area contributed by atoms with Gasteiger partial charge in [0.2, 0.25) is 0 Å². The van der Waals surface area contributed by atoms with Crippen molar-refractivity contribution in [3.63, 3.8) is 0 Å². The molecular formula is C22H22N2O5. The zero-order chi connectivity index (χ0) is 19.8. The van der Waals surface area contributed by atoms with Gasteiger partial charge < -0.3 is 23.3 Å². The highest BCUT2D eigenvalue weighted by atomic mass is 16.5. The monoisotopic (exact) mass is 394 g/mol. The van der Waals surface area contributed by atoms with Gasteiger partial charge in [-0.25, -0.2) is 0 Å². The SMILES string of the molecule is Cc1ccc2c(c1)-c1onc(C(=O)N(Cc3ccco3)CC3CCCO3)c1CO2. The summed E-state index contributed by atoms with van der Waals surface area (Å²) in [6, 6.07) is 9.56. The van der Waals surface area contributed by atoms with Gasteiger partial charge in [-0.2, -0.15) is 0 Å². The van der Waals surface area contributed by atoms with Crippen molar-refractivity contribution in [1.29, 1.82) is 0 Å². The van der Waals surface area contributed by atoms with Crippen molar-refractivity contribution in [1.82, 2.24) is 10.1 Å². The molecule has 1 amide bonds. The largest absolute Gasteiger partial charge is 0.488 e. The van der Waals surface area contributed by atoms with Gasteiger partial charge in [0.25, 0.3) is 5.91 Å². The molecule has 3 aromatic rings. The summed E-state index contributed by atoms with van der Waals surface area (Å²) in [6.45, 7) is 3.83. The molecule has 1 saturated heterocycles.